The van der Waals surface area contributed by atoms with Gasteiger partial charge in [0.05, 0.1) is 13.2 Å². The lowest BCUT2D eigenvalue weighted by Crippen LogP contribution is -2.47. The van der Waals surface area contributed by atoms with Crippen molar-refractivity contribution < 1.29 is 9.53 Å². The molecule has 19 heavy (non-hydrogen) atoms. The SMILES string of the molecule is CCOc1ccc(CC(C)(C)NC(=O)CNC)cc1. The van der Waals surface area contributed by atoms with Crippen molar-refractivity contribution in [1.29, 1.82) is 0 Å². The fourth-order valence-electron chi connectivity index (χ4n) is 2.01. The predicted molar refractivity (Wildman–Crippen MR) is 77.5 cm³/mol. The third kappa shape index (κ3) is 5.75. The Morgan fingerprint density at radius 3 is 2.42 bits per heavy atom. The first-order chi connectivity index (χ1) is 8.96. The molecular formula is C15H24N2O2. The van der Waals surface area contributed by atoms with E-state index in [2.05, 4.69) is 10.6 Å². The maximum Gasteiger partial charge on any atom is 0.234 e. The minimum atomic E-state index is -0.263. The number of ether oxygens (including phenoxy) is 1. The van der Waals surface area contributed by atoms with Crippen LogP contribution in [0.3, 0.4) is 0 Å². The fourth-order valence-corrected chi connectivity index (χ4v) is 2.01. The van der Waals surface area contributed by atoms with Gasteiger partial charge in [-0.15, -0.1) is 0 Å². The van der Waals surface area contributed by atoms with Gasteiger partial charge in [0.1, 0.15) is 5.75 Å². The summed E-state index contributed by atoms with van der Waals surface area (Å²) in [7, 11) is 1.76. The molecule has 1 aromatic carbocycles. The molecule has 106 valence electrons. The Labute approximate surface area is 115 Å². The molecule has 0 bridgehead atoms. The van der Waals surface area contributed by atoms with Crippen molar-refractivity contribution in [3.8, 4) is 5.75 Å². The number of amides is 1. The predicted octanol–water partition coefficient (Wildman–Crippen LogP) is 1.74. The lowest BCUT2D eigenvalue weighted by molar-refractivity contribution is -0.121. The second-order valence-corrected chi connectivity index (χ2v) is 5.22. The average Bonchev–Trinajstić information content (AvgIpc) is 2.31. The number of nitrogens with one attached hydrogen (secondary N) is 2. The Morgan fingerprint density at radius 1 is 1.26 bits per heavy atom. The normalized spacial score (nSPS) is 11.2. The number of rotatable bonds is 7. The lowest BCUT2D eigenvalue weighted by atomic mass is 9.95. The highest BCUT2D eigenvalue weighted by molar-refractivity contribution is 5.78. The monoisotopic (exact) mass is 264 g/mol. The van der Waals surface area contributed by atoms with Gasteiger partial charge in [0, 0.05) is 5.54 Å². The Hall–Kier alpha value is -1.55. The maximum absolute atomic E-state index is 11.6. The molecule has 0 radical (unpaired) electrons. The molecule has 0 saturated carbocycles. The standard InChI is InChI=1S/C15H24N2O2/c1-5-19-13-8-6-12(7-9-13)10-15(2,3)17-14(18)11-16-4/h6-9,16H,5,10-11H2,1-4H3,(H,17,18). The topological polar surface area (TPSA) is 50.4 Å². The fraction of sp³-hybridized carbons (Fsp3) is 0.533. The molecule has 1 aromatic rings. The molecule has 4 nitrogen and oxygen atoms in total. The molecular weight excluding hydrogens is 240 g/mol. The summed E-state index contributed by atoms with van der Waals surface area (Å²) in [5, 5.41) is 5.86. The number of hydrogen-bond donors (Lipinski definition) is 2. The van der Waals surface area contributed by atoms with Crippen LogP contribution in [0.1, 0.15) is 26.3 Å². The highest BCUT2D eigenvalue weighted by atomic mass is 16.5. The molecule has 0 saturated heterocycles. The maximum atomic E-state index is 11.6. The van der Waals surface area contributed by atoms with Gasteiger partial charge >= 0.3 is 0 Å². The number of hydrogen-bond acceptors (Lipinski definition) is 3. The summed E-state index contributed by atoms with van der Waals surface area (Å²) in [6.45, 7) is 7.03. The summed E-state index contributed by atoms with van der Waals surface area (Å²) in [5.74, 6) is 0.890. The first kappa shape index (κ1) is 15.5. The second-order valence-electron chi connectivity index (χ2n) is 5.22. The van der Waals surface area contributed by atoms with Crippen molar-refractivity contribution in [1.82, 2.24) is 10.6 Å². The van der Waals surface area contributed by atoms with Crippen LogP contribution in [0.25, 0.3) is 0 Å². The van der Waals surface area contributed by atoms with E-state index in [0.29, 0.717) is 13.2 Å². The largest absolute Gasteiger partial charge is 0.494 e. The third-order valence-electron chi connectivity index (χ3n) is 2.70. The first-order valence-corrected chi connectivity index (χ1v) is 6.64. The highest BCUT2D eigenvalue weighted by Crippen LogP contribution is 2.17. The molecule has 0 atom stereocenters. The summed E-state index contributed by atoms with van der Waals surface area (Å²) >= 11 is 0. The van der Waals surface area contributed by atoms with E-state index in [1.807, 2.05) is 45.0 Å². The van der Waals surface area contributed by atoms with E-state index in [1.165, 1.54) is 5.56 Å². The van der Waals surface area contributed by atoms with Crippen LogP contribution in [-0.2, 0) is 11.2 Å². The summed E-state index contributed by atoms with van der Waals surface area (Å²) in [6.07, 6.45) is 0.787. The zero-order valence-corrected chi connectivity index (χ0v) is 12.2. The van der Waals surface area contributed by atoms with E-state index in [4.69, 9.17) is 4.74 Å². The van der Waals surface area contributed by atoms with E-state index in [1.54, 1.807) is 7.05 Å². The summed E-state index contributed by atoms with van der Waals surface area (Å²) in [6, 6.07) is 8.00. The van der Waals surface area contributed by atoms with Crippen LogP contribution in [0.2, 0.25) is 0 Å². The van der Waals surface area contributed by atoms with E-state index < -0.39 is 0 Å². The first-order valence-electron chi connectivity index (χ1n) is 6.64. The van der Waals surface area contributed by atoms with Gasteiger partial charge in [-0.05, 0) is 51.9 Å². The molecule has 0 spiro atoms. The van der Waals surface area contributed by atoms with Gasteiger partial charge in [-0.1, -0.05) is 12.1 Å². The van der Waals surface area contributed by atoms with Crippen LogP contribution < -0.4 is 15.4 Å². The number of carbonyl (C=O) groups is 1. The van der Waals surface area contributed by atoms with E-state index in [0.717, 1.165) is 12.2 Å². The van der Waals surface area contributed by atoms with Crippen molar-refractivity contribution in [2.45, 2.75) is 32.7 Å². The minimum absolute atomic E-state index is 0.0124. The molecule has 0 fully saturated rings. The summed E-state index contributed by atoms with van der Waals surface area (Å²) in [4.78, 5) is 11.6. The quantitative estimate of drug-likeness (QED) is 0.788. The smallest absolute Gasteiger partial charge is 0.234 e. The van der Waals surface area contributed by atoms with Gasteiger partial charge in [-0.3, -0.25) is 4.79 Å². The Kier molecular flexibility index (Phi) is 5.83. The van der Waals surface area contributed by atoms with E-state index in [9.17, 15) is 4.79 Å². The van der Waals surface area contributed by atoms with Crippen LogP contribution in [0.4, 0.5) is 0 Å². The van der Waals surface area contributed by atoms with Crippen molar-refractivity contribution >= 4 is 5.91 Å². The van der Waals surface area contributed by atoms with Crippen molar-refractivity contribution in [2.24, 2.45) is 0 Å². The number of likely N-dealkylation sites (N-methyl/N-ethyl adjacent to an activating group) is 1. The average molecular weight is 264 g/mol. The molecule has 4 heteroatoms. The summed E-state index contributed by atoms with van der Waals surface area (Å²) in [5.41, 5.74) is 0.916. The Balaban J connectivity index is 2.59. The van der Waals surface area contributed by atoms with E-state index in [-0.39, 0.29) is 11.4 Å². The molecule has 0 heterocycles. The van der Waals surface area contributed by atoms with Crippen LogP contribution in [0, 0.1) is 0 Å². The van der Waals surface area contributed by atoms with Crippen LogP contribution in [0.15, 0.2) is 24.3 Å². The molecule has 0 aliphatic rings. The molecule has 0 aliphatic carbocycles. The third-order valence-corrected chi connectivity index (χ3v) is 2.70. The van der Waals surface area contributed by atoms with E-state index >= 15 is 0 Å². The highest BCUT2D eigenvalue weighted by Gasteiger charge is 2.20. The van der Waals surface area contributed by atoms with Gasteiger partial charge in [-0.25, -0.2) is 0 Å². The molecule has 0 unspecified atom stereocenters. The molecule has 0 aromatic heterocycles. The number of carbonyl (C=O) groups excluding carboxylic acids is 1. The van der Waals surface area contributed by atoms with Gasteiger partial charge in [-0.2, -0.15) is 0 Å². The molecule has 1 amide bonds. The van der Waals surface area contributed by atoms with Gasteiger partial charge in [0.15, 0.2) is 0 Å². The molecule has 0 aliphatic heterocycles. The molecule has 2 N–H and O–H groups in total. The van der Waals surface area contributed by atoms with Crippen LogP contribution in [-0.4, -0.2) is 31.6 Å². The minimum Gasteiger partial charge on any atom is -0.494 e. The zero-order chi connectivity index (χ0) is 14.3. The van der Waals surface area contributed by atoms with Crippen LogP contribution >= 0.6 is 0 Å². The summed E-state index contributed by atoms with van der Waals surface area (Å²) < 4.78 is 5.41. The Morgan fingerprint density at radius 2 is 1.89 bits per heavy atom. The van der Waals surface area contributed by atoms with Gasteiger partial charge in [0.2, 0.25) is 5.91 Å². The second kappa shape index (κ2) is 7.14. The number of benzene rings is 1. The lowest BCUT2D eigenvalue weighted by Gasteiger charge is -2.26. The van der Waals surface area contributed by atoms with Crippen molar-refractivity contribution in [3.63, 3.8) is 0 Å². The molecule has 1 rings (SSSR count). The van der Waals surface area contributed by atoms with Crippen molar-refractivity contribution in [2.75, 3.05) is 20.2 Å². The zero-order valence-electron chi connectivity index (χ0n) is 12.2. The van der Waals surface area contributed by atoms with Gasteiger partial charge in [0.25, 0.3) is 0 Å². The van der Waals surface area contributed by atoms with Crippen LogP contribution in [0.5, 0.6) is 5.75 Å². The van der Waals surface area contributed by atoms with Gasteiger partial charge < -0.3 is 15.4 Å². The Bertz CT molecular complexity index is 399. The van der Waals surface area contributed by atoms with Crippen molar-refractivity contribution in [3.05, 3.63) is 29.8 Å².